The van der Waals surface area contributed by atoms with Crippen molar-refractivity contribution in [3.63, 3.8) is 0 Å². The second-order valence-electron chi connectivity index (χ2n) is 8.33. The number of carbonyl (C=O) groups excluding carboxylic acids is 1. The Labute approximate surface area is 165 Å². The lowest BCUT2D eigenvalue weighted by molar-refractivity contribution is -0.137. The largest absolute Gasteiger partial charge is 0.424 e. The zero-order valence-electron chi connectivity index (χ0n) is 15.9. The summed E-state index contributed by atoms with van der Waals surface area (Å²) in [4.78, 5) is 13.2. The minimum Gasteiger partial charge on any atom is -0.424 e. The van der Waals surface area contributed by atoms with E-state index in [2.05, 4.69) is 49.8 Å². The first-order valence-electron chi connectivity index (χ1n) is 8.80. The third-order valence-electron chi connectivity index (χ3n) is 5.69. The normalized spacial score (nSPS) is 20.0. The van der Waals surface area contributed by atoms with Gasteiger partial charge < -0.3 is 9.16 Å². The van der Waals surface area contributed by atoms with Gasteiger partial charge in [0, 0.05) is 5.56 Å². The molecule has 3 rings (SSSR count). The third kappa shape index (κ3) is 3.06. The number of para-hydroxylation sites is 1. The summed E-state index contributed by atoms with van der Waals surface area (Å²) in [6, 6.07) is 15.6. The standard InChI is InChI=1S/C21H25BrO3Si/c1-20(2,3)26(4,5)24-14-21(15-10-7-6-8-11-15)16-12-9-13-17(22)18(16)25-19(21)23/h6-13H,14H2,1-5H3. The molecule has 0 amide bonds. The van der Waals surface area contributed by atoms with Gasteiger partial charge in [-0.15, -0.1) is 0 Å². The van der Waals surface area contributed by atoms with Crippen LogP contribution in [0.5, 0.6) is 5.75 Å². The van der Waals surface area contributed by atoms with Gasteiger partial charge in [0.1, 0.15) is 11.2 Å². The molecule has 2 aromatic carbocycles. The van der Waals surface area contributed by atoms with E-state index in [4.69, 9.17) is 9.16 Å². The van der Waals surface area contributed by atoms with Crippen molar-refractivity contribution in [2.24, 2.45) is 0 Å². The van der Waals surface area contributed by atoms with E-state index in [1.165, 1.54) is 0 Å². The smallest absolute Gasteiger partial charge is 0.329 e. The molecule has 1 atom stereocenters. The Hall–Kier alpha value is -1.43. The molecule has 0 aromatic heterocycles. The van der Waals surface area contributed by atoms with Crippen LogP contribution in [0.15, 0.2) is 53.0 Å². The lowest BCUT2D eigenvalue weighted by Crippen LogP contribution is -2.48. The Morgan fingerprint density at radius 2 is 1.73 bits per heavy atom. The molecule has 1 heterocycles. The van der Waals surface area contributed by atoms with Gasteiger partial charge in [-0.2, -0.15) is 0 Å². The molecule has 2 aromatic rings. The fourth-order valence-corrected chi connectivity index (χ4v) is 4.42. The molecule has 1 unspecified atom stereocenters. The van der Waals surface area contributed by atoms with Crippen molar-refractivity contribution in [1.82, 2.24) is 0 Å². The lowest BCUT2D eigenvalue weighted by Gasteiger charge is -2.39. The van der Waals surface area contributed by atoms with Gasteiger partial charge in [0.05, 0.1) is 11.1 Å². The summed E-state index contributed by atoms with van der Waals surface area (Å²) in [5.41, 5.74) is 0.831. The van der Waals surface area contributed by atoms with Crippen LogP contribution in [0.3, 0.4) is 0 Å². The molecule has 0 N–H and O–H groups in total. The minimum atomic E-state index is -2.04. The molecule has 1 aliphatic rings. The molecule has 26 heavy (non-hydrogen) atoms. The summed E-state index contributed by atoms with van der Waals surface area (Å²) in [5, 5.41) is 0.0630. The van der Waals surface area contributed by atoms with Crippen molar-refractivity contribution in [2.75, 3.05) is 6.61 Å². The molecule has 0 saturated carbocycles. The van der Waals surface area contributed by atoms with Gasteiger partial charge in [-0.1, -0.05) is 63.2 Å². The summed E-state index contributed by atoms with van der Waals surface area (Å²) < 4.78 is 13.0. The molecule has 1 aliphatic heterocycles. The monoisotopic (exact) mass is 432 g/mol. The second-order valence-corrected chi connectivity index (χ2v) is 14.0. The van der Waals surface area contributed by atoms with Crippen molar-refractivity contribution in [3.8, 4) is 5.75 Å². The van der Waals surface area contributed by atoms with Crippen molar-refractivity contribution >= 4 is 30.2 Å². The lowest BCUT2D eigenvalue weighted by atomic mass is 9.76. The Morgan fingerprint density at radius 3 is 2.35 bits per heavy atom. The fraction of sp³-hybridized carbons (Fsp3) is 0.381. The number of benzene rings is 2. The third-order valence-corrected chi connectivity index (χ3v) is 10.8. The van der Waals surface area contributed by atoms with E-state index in [9.17, 15) is 4.79 Å². The number of ether oxygens (including phenoxy) is 1. The number of halogens is 1. The molecule has 5 heteroatoms. The maximum Gasteiger partial charge on any atom is 0.329 e. The van der Waals surface area contributed by atoms with E-state index in [0.717, 1.165) is 15.6 Å². The van der Waals surface area contributed by atoms with Crippen LogP contribution in [0.1, 0.15) is 31.9 Å². The van der Waals surface area contributed by atoms with Crippen molar-refractivity contribution in [3.05, 3.63) is 64.1 Å². The average molecular weight is 433 g/mol. The maximum atomic E-state index is 13.2. The predicted molar refractivity (Wildman–Crippen MR) is 110 cm³/mol. The van der Waals surface area contributed by atoms with Gasteiger partial charge in [-0.25, -0.2) is 0 Å². The number of hydrogen-bond acceptors (Lipinski definition) is 3. The molecule has 0 saturated heterocycles. The number of hydrogen-bond donors (Lipinski definition) is 0. The van der Waals surface area contributed by atoms with Gasteiger partial charge in [0.2, 0.25) is 0 Å². The number of rotatable bonds is 4. The maximum absolute atomic E-state index is 13.2. The van der Waals surface area contributed by atoms with Crippen LogP contribution in [0, 0.1) is 0 Å². The zero-order valence-corrected chi connectivity index (χ0v) is 18.5. The van der Waals surface area contributed by atoms with E-state index in [1.807, 2.05) is 48.5 Å². The second kappa shape index (κ2) is 6.62. The highest BCUT2D eigenvalue weighted by Crippen LogP contribution is 2.49. The summed E-state index contributed by atoms with van der Waals surface area (Å²) >= 11 is 3.51. The fourth-order valence-electron chi connectivity index (χ4n) is 2.96. The predicted octanol–water partition coefficient (Wildman–Crippen LogP) is 5.68. The van der Waals surface area contributed by atoms with E-state index in [0.29, 0.717) is 5.75 Å². The number of carbonyl (C=O) groups is 1. The van der Waals surface area contributed by atoms with Crippen LogP contribution < -0.4 is 4.74 Å². The Bertz CT molecular complexity index is 827. The topological polar surface area (TPSA) is 35.5 Å². The Balaban J connectivity index is 2.13. The first-order chi connectivity index (χ1) is 12.1. The van der Waals surface area contributed by atoms with Crippen molar-refractivity contribution < 1.29 is 14.0 Å². The first-order valence-corrected chi connectivity index (χ1v) is 12.5. The highest BCUT2D eigenvalue weighted by Gasteiger charge is 2.53. The van der Waals surface area contributed by atoms with E-state index in [1.54, 1.807) is 0 Å². The molecule has 0 fully saturated rings. The van der Waals surface area contributed by atoms with Crippen LogP contribution in [0.25, 0.3) is 0 Å². The van der Waals surface area contributed by atoms with Crippen molar-refractivity contribution in [2.45, 2.75) is 44.3 Å². The Morgan fingerprint density at radius 1 is 1.08 bits per heavy atom. The van der Waals surface area contributed by atoms with Gasteiger partial charge in [0.25, 0.3) is 0 Å². The van der Waals surface area contributed by atoms with E-state index >= 15 is 0 Å². The van der Waals surface area contributed by atoms with Crippen LogP contribution in [-0.2, 0) is 14.6 Å². The minimum absolute atomic E-state index is 0.0630. The molecule has 0 spiro atoms. The average Bonchev–Trinajstić information content (AvgIpc) is 2.87. The molecule has 138 valence electrons. The number of esters is 1. The van der Waals surface area contributed by atoms with Crippen LogP contribution in [0.2, 0.25) is 18.1 Å². The quantitative estimate of drug-likeness (QED) is 0.354. The van der Waals surface area contributed by atoms with Gasteiger partial charge in [0.15, 0.2) is 8.32 Å². The van der Waals surface area contributed by atoms with Crippen LogP contribution in [0.4, 0.5) is 0 Å². The molecule has 0 aliphatic carbocycles. The van der Waals surface area contributed by atoms with E-state index < -0.39 is 13.7 Å². The zero-order chi connectivity index (χ0) is 19.2. The van der Waals surface area contributed by atoms with Crippen LogP contribution in [-0.4, -0.2) is 20.9 Å². The van der Waals surface area contributed by atoms with Crippen molar-refractivity contribution in [1.29, 1.82) is 0 Å². The molecular formula is C21H25BrO3Si. The van der Waals surface area contributed by atoms with Gasteiger partial charge >= 0.3 is 5.97 Å². The number of fused-ring (bicyclic) bond motifs is 1. The molecule has 3 nitrogen and oxygen atoms in total. The highest BCUT2D eigenvalue weighted by atomic mass is 79.9. The highest BCUT2D eigenvalue weighted by molar-refractivity contribution is 9.10. The molecule has 0 bridgehead atoms. The van der Waals surface area contributed by atoms with Gasteiger partial charge in [-0.3, -0.25) is 4.79 Å². The first kappa shape index (κ1) is 19.3. The summed E-state index contributed by atoms with van der Waals surface area (Å²) in [7, 11) is -2.04. The molecular weight excluding hydrogens is 408 g/mol. The Kier molecular flexibility index (Phi) is 4.92. The molecule has 0 radical (unpaired) electrons. The summed E-state index contributed by atoms with van der Waals surface area (Å²) in [5.74, 6) is 0.324. The van der Waals surface area contributed by atoms with E-state index in [-0.39, 0.29) is 17.6 Å². The summed E-state index contributed by atoms with van der Waals surface area (Å²) in [6.45, 7) is 11.3. The SMILES string of the molecule is CC(C)(C)[Si](C)(C)OCC1(c2ccccc2)C(=O)Oc2c(Br)cccc21. The van der Waals surface area contributed by atoms with Gasteiger partial charge in [-0.05, 0) is 45.7 Å². The summed E-state index contributed by atoms with van der Waals surface area (Å²) in [6.07, 6.45) is 0. The van der Waals surface area contributed by atoms with Crippen LogP contribution >= 0.6 is 15.9 Å².